The Balaban J connectivity index is 2.30. The molecule has 218 valence electrons. The van der Waals surface area contributed by atoms with Gasteiger partial charge >= 0.3 is 6.18 Å². The fourth-order valence-electron chi connectivity index (χ4n) is 4.15. The van der Waals surface area contributed by atoms with E-state index in [9.17, 15) is 27.6 Å². The molecular formula is C27H39F3N4O5. The van der Waals surface area contributed by atoms with Crippen molar-refractivity contribution in [3.05, 3.63) is 42.0 Å². The first-order valence-electron chi connectivity index (χ1n) is 13.1. The molecule has 0 radical (unpaired) electrons. The Bertz CT molecular complexity index is 950. The number of nitrogens with one attached hydrogen (secondary N) is 2. The van der Waals surface area contributed by atoms with Crippen LogP contribution in [0.5, 0.6) is 0 Å². The number of rotatable bonds is 12. The molecule has 0 spiro atoms. The maximum Gasteiger partial charge on any atom is 0.408 e. The van der Waals surface area contributed by atoms with Gasteiger partial charge in [0.15, 0.2) is 6.29 Å². The third-order valence-corrected chi connectivity index (χ3v) is 6.05. The van der Waals surface area contributed by atoms with Gasteiger partial charge in [-0.2, -0.15) is 13.2 Å². The molecular weight excluding hydrogens is 517 g/mol. The molecule has 2 rings (SSSR count). The van der Waals surface area contributed by atoms with Gasteiger partial charge in [-0.3, -0.25) is 19.8 Å². The standard InChI is InChI=1S/C27H39F3N4O5/c1-18(2)16-22(24(35)32-34(17-27(28,29)30)26(37)19(3)31)21(13-9-12-20-10-5-4-6-11-20)25(36)33-39-23-14-7-8-15-38-23/h4-6,9-12,18-19,21-23H,7-8,13-17,31H2,1-3H3,(H,32,35)(H,33,36)/b12-9+/t19-,21+,22-,23?/m1/s1. The number of hydroxylamine groups is 1. The highest BCUT2D eigenvalue weighted by Gasteiger charge is 2.39. The van der Waals surface area contributed by atoms with Gasteiger partial charge < -0.3 is 10.5 Å². The van der Waals surface area contributed by atoms with Crippen LogP contribution < -0.4 is 16.6 Å². The molecule has 12 heteroatoms. The fourth-order valence-corrected chi connectivity index (χ4v) is 4.15. The third kappa shape index (κ3) is 11.8. The summed E-state index contributed by atoms with van der Waals surface area (Å²) < 4.78 is 45.1. The Kier molecular flexibility index (Phi) is 12.9. The maximum atomic E-state index is 13.4. The number of ether oxygens (including phenoxy) is 1. The highest BCUT2D eigenvalue weighted by atomic mass is 19.4. The number of alkyl halides is 3. The fraction of sp³-hybridized carbons (Fsp3) is 0.593. The minimum atomic E-state index is -4.78. The van der Waals surface area contributed by atoms with Gasteiger partial charge in [0.05, 0.1) is 17.9 Å². The Morgan fingerprint density at radius 1 is 1.13 bits per heavy atom. The number of nitrogens with two attached hydrogens (primary N) is 1. The smallest absolute Gasteiger partial charge is 0.350 e. The van der Waals surface area contributed by atoms with Gasteiger partial charge in [-0.1, -0.05) is 56.3 Å². The molecule has 1 saturated heterocycles. The van der Waals surface area contributed by atoms with Crippen molar-refractivity contribution in [2.45, 2.75) is 71.4 Å². The number of allylic oxidation sites excluding steroid dienone is 1. The van der Waals surface area contributed by atoms with Crippen molar-refractivity contribution in [2.24, 2.45) is 23.5 Å². The molecule has 9 nitrogen and oxygen atoms in total. The van der Waals surface area contributed by atoms with E-state index in [1.54, 1.807) is 12.2 Å². The predicted molar refractivity (Wildman–Crippen MR) is 139 cm³/mol. The van der Waals surface area contributed by atoms with Crippen molar-refractivity contribution in [3.63, 3.8) is 0 Å². The quantitative estimate of drug-likeness (QED) is 0.338. The van der Waals surface area contributed by atoms with E-state index >= 15 is 0 Å². The number of nitrogens with zero attached hydrogens (tertiary/aromatic N) is 1. The molecule has 0 saturated carbocycles. The van der Waals surface area contributed by atoms with E-state index < -0.39 is 54.6 Å². The van der Waals surface area contributed by atoms with Crippen molar-refractivity contribution >= 4 is 23.8 Å². The molecule has 1 aliphatic rings. The lowest BCUT2D eigenvalue weighted by Gasteiger charge is -2.31. The molecule has 1 aromatic rings. The average Bonchev–Trinajstić information content (AvgIpc) is 2.88. The summed E-state index contributed by atoms with van der Waals surface area (Å²) in [6.07, 6.45) is 0.664. The summed E-state index contributed by atoms with van der Waals surface area (Å²) in [6, 6.07) is 8.00. The monoisotopic (exact) mass is 556 g/mol. The lowest BCUT2D eigenvalue weighted by Crippen LogP contribution is -2.57. The van der Waals surface area contributed by atoms with Crippen molar-refractivity contribution < 1.29 is 37.1 Å². The van der Waals surface area contributed by atoms with E-state index in [0.29, 0.717) is 13.0 Å². The van der Waals surface area contributed by atoms with Crippen LogP contribution in [0.1, 0.15) is 58.4 Å². The van der Waals surface area contributed by atoms with E-state index in [1.165, 1.54) is 6.92 Å². The molecule has 1 fully saturated rings. The minimum Gasteiger partial charge on any atom is -0.350 e. The van der Waals surface area contributed by atoms with Gasteiger partial charge in [0, 0.05) is 13.0 Å². The summed E-state index contributed by atoms with van der Waals surface area (Å²) >= 11 is 0. The molecule has 3 amide bonds. The lowest BCUT2D eigenvalue weighted by atomic mass is 9.82. The molecule has 39 heavy (non-hydrogen) atoms. The molecule has 0 aliphatic carbocycles. The summed E-state index contributed by atoms with van der Waals surface area (Å²) in [5, 5.41) is 0.168. The first-order chi connectivity index (χ1) is 18.4. The van der Waals surface area contributed by atoms with E-state index in [4.69, 9.17) is 15.3 Å². The average molecular weight is 557 g/mol. The number of carbonyl (C=O) groups is 3. The molecule has 1 heterocycles. The number of hydrazine groups is 1. The van der Waals surface area contributed by atoms with Crippen molar-refractivity contribution in [2.75, 3.05) is 13.2 Å². The number of carbonyl (C=O) groups excluding carboxylic acids is 3. The second-order valence-electron chi connectivity index (χ2n) is 10.1. The Morgan fingerprint density at radius 2 is 1.82 bits per heavy atom. The largest absolute Gasteiger partial charge is 0.408 e. The molecule has 1 aliphatic heterocycles. The summed E-state index contributed by atoms with van der Waals surface area (Å²) in [5.41, 5.74) is 10.9. The van der Waals surface area contributed by atoms with Crippen LogP contribution in [-0.4, -0.2) is 54.4 Å². The van der Waals surface area contributed by atoms with Gasteiger partial charge in [0.1, 0.15) is 6.54 Å². The van der Waals surface area contributed by atoms with Crippen LogP contribution >= 0.6 is 0 Å². The van der Waals surface area contributed by atoms with E-state index in [1.807, 2.05) is 44.2 Å². The number of benzene rings is 1. The summed E-state index contributed by atoms with van der Waals surface area (Å²) in [4.78, 5) is 44.5. The molecule has 0 aromatic heterocycles. The van der Waals surface area contributed by atoms with E-state index in [-0.39, 0.29) is 23.8 Å². The number of amides is 3. The van der Waals surface area contributed by atoms with Crippen LogP contribution in [0.3, 0.4) is 0 Å². The molecule has 1 unspecified atom stereocenters. The van der Waals surface area contributed by atoms with Crippen LogP contribution in [0.2, 0.25) is 0 Å². The van der Waals surface area contributed by atoms with Crippen LogP contribution in [0, 0.1) is 17.8 Å². The van der Waals surface area contributed by atoms with Crippen LogP contribution in [0.15, 0.2) is 36.4 Å². The van der Waals surface area contributed by atoms with Gasteiger partial charge in [-0.15, -0.1) is 0 Å². The lowest BCUT2D eigenvalue weighted by molar-refractivity contribution is -0.203. The Hall–Kier alpha value is -2.96. The van der Waals surface area contributed by atoms with Crippen LogP contribution in [-0.2, 0) is 24.0 Å². The summed E-state index contributed by atoms with van der Waals surface area (Å²) in [6.45, 7) is 3.63. The third-order valence-electron chi connectivity index (χ3n) is 6.05. The highest BCUT2D eigenvalue weighted by Crippen LogP contribution is 2.27. The summed E-state index contributed by atoms with van der Waals surface area (Å²) in [5.74, 6) is -4.83. The topological polar surface area (TPSA) is 123 Å². The van der Waals surface area contributed by atoms with Gasteiger partial charge in [0.25, 0.3) is 5.91 Å². The zero-order chi connectivity index (χ0) is 29.0. The molecule has 0 bridgehead atoms. The van der Waals surface area contributed by atoms with Crippen molar-refractivity contribution in [3.8, 4) is 0 Å². The van der Waals surface area contributed by atoms with Crippen LogP contribution in [0.25, 0.3) is 6.08 Å². The van der Waals surface area contributed by atoms with Gasteiger partial charge in [0.2, 0.25) is 11.8 Å². The van der Waals surface area contributed by atoms with Crippen LogP contribution in [0.4, 0.5) is 13.2 Å². The SMILES string of the molecule is CC(C)C[C@@H](C(=O)NN(CC(F)(F)F)C(=O)[C@@H](C)N)[C@H](C/C=C/c1ccccc1)C(=O)NOC1CCCCO1. The van der Waals surface area contributed by atoms with E-state index in [2.05, 4.69) is 10.9 Å². The van der Waals surface area contributed by atoms with Gasteiger partial charge in [-0.05, 0) is 44.1 Å². The minimum absolute atomic E-state index is 0.0843. The predicted octanol–water partition coefficient (Wildman–Crippen LogP) is 3.71. The Morgan fingerprint density at radius 3 is 2.38 bits per heavy atom. The zero-order valence-corrected chi connectivity index (χ0v) is 22.6. The Labute approximate surface area is 227 Å². The van der Waals surface area contributed by atoms with Crippen molar-refractivity contribution in [1.82, 2.24) is 15.9 Å². The zero-order valence-electron chi connectivity index (χ0n) is 22.6. The maximum absolute atomic E-state index is 13.4. The molecule has 4 atom stereocenters. The molecule has 1 aromatic carbocycles. The molecule has 4 N–H and O–H groups in total. The van der Waals surface area contributed by atoms with Gasteiger partial charge in [-0.25, -0.2) is 15.3 Å². The second kappa shape index (κ2) is 15.6. The highest BCUT2D eigenvalue weighted by molar-refractivity contribution is 5.89. The normalized spacial score (nSPS) is 18.4. The number of hydrogen-bond donors (Lipinski definition) is 3. The number of halogens is 3. The second-order valence-corrected chi connectivity index (χ2v) is 10.1. The van der Waals surface area contributed by atoms with Crippen molar-refractivity contribution in [1.29, 1.82) is 0 Å². The number of hydrogen-bond acceptors (Lipinski definition) is 6. The first kappa shape index (κ1) is 32.3. The first-order valence-corrected chi connectivity index (χ1v) is 13.1. The van der Waals surface area contributed by atoms with E-state index in [0.717, 1.165) is 18.4 Å². The summed E-state index contributed by atoms with van der Waals surface area (Å²) in [7, 11) is 0.